The number of ether oxygens (including phenoxy) is 6. The van der Waals surface area contributed by atoms with Gasteiger partial charge in [-0.1, -0.05) is 33.8 Å². The maximum absolute atomic E-state index is 13.5. The van der Waals surface area contributed by atoms with Crippen molar-refractivity contribution < 1.29 is 52.7 Å². The Labute approximate surface area is 296 Å². The summed E-state index contributed by atoms with van der Waals surface area (Å²) >= 11 is 0. The molecule has 1 aliphatic rings. The molecule has 14 nitrogen and oxygen atoms in total. The first-order valence-corrected chi connectivity index (χ1v) is 17.3. The minimum Gasteiger partial charge on any atom is -0.493 e. The van der Waals surface area contributed by atoms with Crippen molar-refractivity contribution in [1.29, 1.82) is 0 Å². The lowest BCUT2D eigenvalue weighted by Crippen LogP contribution is -2.47. The van der Waals surface area contributed by atoms with Crippen LogP contribution in [0.1, 0.15) is 73.3 Å². The Morgan fingerprint density at radius 2 is 1.72 bits per heavy atom. The summed E-state index contributed by atoms with van der Waals surface area (Å²) in [6.45, 7) is 13.1. The Balaban J connectivity index is 2.34. The second-order valence-electron chi connectivity index (χ2n) is 14.2. The van der Waals surface area contributed by atoms with Gasteiger partial charge in [-0.05, 0) is 75.5 Å². The number of aliphatic hydroxyl groups excluding tert-OH is 1. The van der Waals surface area contributed by atoms with E-state index in [2.05, 4.69) is 19.2 Å². The molecule has 5 unspecified atom stereocenters. The van der Waals surface area contributed by atoms with Crippen LogP contribution in [0, 0.1) is 29.1 Å². The molecule has 4 N–H and O–H groups in total. The highest BCUT2D eigenvalue weighted by Crippen LogP contribution is 2.36. The molecule has 1 aromatic rings. The molecule has 0 aliphatic carbocycles. The SMILES string of the molecule is COCCCOc1cc(CC(CC2C(CC(C(=O)NCC(C)(C)C(N)=O)C(C)C)OCN2C(=O)OCOC(=O)C(C)O)C(C)C)ccc1OC. The standard InChI is InChI=1S/C36H59N3O11/c1-22(2)26(15-25-11-12-29(46-9)31(16-25)47-14-10-13-45-8)17-28-30(48-20-39(28)35(44)50-21-49-33(42)24(5)40)18-27(23(3)4)32(41)38-19-36(6,7)34(37)43/h11-12,16,22-24,26-28,30,40H,10,13-15,17-21H2,1-9H3,(H2,37,43)(H,38,41). The molecule has 5 atom stereocenters. The molecule has 0 spiro atoms. The first kappa shape index (κ1) is 42.5. The number of aliphatic hydroxyl groups is 1. The third-order valence-corrected chi connectivity index (χ3v) is 9.18. The number of primary amides is 1. The average molecular weight is 710 g/mol. The maximum atomic E-state index is 13.5. The number of methoxy groups -OCH3 is 2. The third kappa shape index (κ3) is 12.9. The first-order chi connectivity index (χ1) is 23.5. The Hall–Kier alpha value is -3.62. The van der Waals surface area contributed by atoms with Crippen molar-refractivity contribution in [3.05, 3.63) is 23.8 Å². The highest BCUT2D eigenvalue weighted by molar-refractivity contribution is 5.83. The van der Waals surface area contributed by atoms with Crippen LogP contribution >= 0.6 is 0 Å². The minimum atomic E-state index is -1.37. The van der Waals surface area contributed by atoms with Gasteiger partial charge >= 0.3 is 12.1 Å². The fraction of sp³-hybridized carbons (Fsp3) is 0.722. The van der Waals surface area contributed by atoms with Gasteiger partial charge in [0.05, 0.1) is 31.3 Å². The molecule has 14 heteroatoms. The van der Waals surface area contributed by atoms with Crippen LogP contribution in [-0.4, -0.2) is 99.6 Å². The number of nitrogens with zero attached hydrogens (tertiary/aromatic N) is 1. The zero-order chi connectivity index (χ0) is 37.6. The van der Waals surface area contributed by atoms with Gasteiger partial charge in [-0.3, -0.25) is 14.5 Å². The van der Waals surface area contributed by atoms with Crippen LogP contribution in [0.2, 0.25) is 0 Å². The summed E-state index contributed by atoms with van der Waals surface area (Å²) in [6.07, 6.45) is -0.435. The van der Waals surface area contributed by atoms with E-state index in [-0.39, 0.29) is 36.9 Å². The van der Waals surface area contributed by atoms with E-state index >= 15 is 0 Å². The molecular weight excluding hydrogens is 650 g/mol. The predicted molar refractivity (Wildman–Crippen MR) is 185 cm³/mol. The van der Waals surface area contributed by atoms with Gasteiger partial charge in [-0.15, -0.1) is 0 Å². The van der Waals surface area contributed by atoms with E-state index < -0.39 is 54.3 Å². The molecule has 284 valence electrons. The lowest BCUT2D eigenvalue weighted by Gasteiger charge is -2.33. The van der Waals surface area contributed by atoms with Gasteiger partial charge in [-0.25, -0.2) is 9.59 Å². The monoisotopic (exact) mass is 709 g/mol. The average Bonchev–Trinajstić information content (AvgIpc) is 3.45. The zero-order valence-corrected chi connectivity index (χ0v) is 31.2. The number of carbonyl (C=O) groups is 4. The van der Waals surface area contributed by atoms with Crippen LogP contribution in [0.15, 0.2) is 18.2 Å². The van der Waals surface area contributed by atoms with E-state index in [1.807, 2.05) is 32.0 Å². The number of esters is 1. The van der Waals surface area contributed by atoms with E-state index in [1.54, 1.807) is 28.1 Å². The van der Waals surface area contributed by atoms with Gasteiger partial charge in [0, 0.05) is 32.6 Å². The van der Waals surface area contributed by atoms with Gasteiger partial charge in [0.1, 0.15) is 12.8 Å². The molecule has 3 amide bonds. The number of benzene rings is 1. The summed E-state index contributed by atoms with van der Waals surface area (Å²) in [5, 5.41) is 12.3. The number of rotatable bonds is 21. The third-order valence-electron chi connectivity index (χ3n) is 9.18. The Kier molecular flexibility index (Phi) is 17.3. The summed E-state index contributed by atoms with van der Waals surface area (Å²) in [6, 6.07) is 5.36. The van der Waals surface area contributed by atoms with E-state index in [4.69, 9.17) is 34.2 Å². The zero-order valence-electron chi connectivity index (χ0n) is 31.2. The molecule has 0 saturated carbocycles. The molecule has 1 saturated heterocycles. The van der Waals surface area contributed by atoms with Crippen molar-refractivity contribution in [3.8, 4) is 11.5 Å². The number of amides is 3. The highest BCUT2D eigenvalue weighted by Gasteiger charge is 2.43. The molecule has 1 heterocycles. The van der Waals surface area contributed by atoms with Gasteiger partial charge in [0.2, 0.25) is 18.6 Å². The Morgan fingerprint density at radius 3 is 2.30 bits per heavy atom. The summed E-state index contributed by atoms with van der Waals surface area (Å²) < 4.78 is 33.0. The van der Waals surface area contributed by atoms with E-state index in [0.717, 1.165) is 12.0 Å². The summed E-state index contributed by atoms with van der Waals surface area (Å²) in [5.74, 6) is -0.750. The molecule has 0 bridgehead atoms. The molecular formula is C36H59N3O11. The van der Waals surface area contributed by atoms with E-state index in [1.165, 1.54) is 11.8 Å². The number of nitrogens with one attached hydrogen (secondary N) is 1. The smallest absolute Gasteiger partial charge is 0.414 e. The second kappa shape index (κ2) is 20.3. The van der Waals surface area contributed by atoms with E-state index in [9.17, 15) is 24.3 Å². The van der Waals surface area contributed by atoms with Gasteiger partial charge in [-0.2, -0.15) is 0 Å². The highest BCUT2D eigenvalue weighted by atomic mass is 16.7. The molecule has 0 radical (unpaired) electrons. The number of hydrogen-bond acceptors (Lipinski definition) is 11. The fourth-order valence-corrected chi connectivity index (χ4v) is 5.63. The van der Waals surface area contributed by atoms with Crippen molar-refractivity contribution in [2.24, 2.45) is 34.8 Å². The largest absolute Gasteiger partial charge is 0.493 e. The van der Waals surface area contributed by atoms with Crippen molar-refractivity contribution in [1.82, 2.24) is 10.2 Å². The van der Waals surface area contributed by atoms with Crippen LogP contribution in [0.25, 0.3) is 0 Å². The Morgan fingerprint density at radius 1 is 1.02 bits per heavy atom. The summed E-state index contributed by atoms with van der Waals surface area (Å²) in [4.78, 5) is 51.9. The topological polar surface area (TPSA) is 185 Å². The number of carbonyl (C=O) groups excluding carboxylic acids is 4. The normalized spacial score (nSPS) is 18.0. The van der Waals surface area contributed by atoms with Gasteiger partial charge in [0.25, 0.3) is 0 Å². The first-order valence-electron chi connectivity index (χ1n) is 17.3. The molecule has 50 heavy (non-hydrogen) atoms. The van der Waals surface area contributed by atoms with Crippen LogP contribution in [0.4, 0.5) is 4.79 Å². The quantitative estimate of drug-likeness (QED) is 0.0962. The van der Waals surface area contributed by atoms with Crippen LogP contribution in [-0.2, 0) is 39.8 Å². The Bertz CT molecular complexity index is 1250. The summed E-state index contributed by atoms with van der Waals surface area (Å²) in [7, 11) is 3.24. The van der Waals surface area contributed by atoms with E-state index in [0.29, 0.717) is 44.0 Å². The maximum Gasteiger partial charge on any atom is 0.414 e. The minimum absolute atomic E-state index is 0.0602. The summed E-state index contributed by atoms with van der Waals surface area (Å²) in [5.41, 5.74) is 5.61. The van der Waals surface area contributed by atoms with Gasteiger partial charge in [0.15, 0.2) is 11.5 Å². The lowest BCUT2D eigenvalue weighted by molar-refractivity contribution is -0.161. The van der Waals surface area contributed by atoms with Gasteiger partial charge < -0.3 is 44.6 Å². The molecule has 2 rings (SSSR count). The second-order valence-corrected chi connectivity index (χ2v) is 14.2. The molecule has 1 aromatic carbocycles. The van der Waals surface area contributed by atoms with Crippen LogP contribution < -0.4 is 20.5 Å². The predicted octanol–water partition coefficient (Wildman–Crippen LogP) is 3.65. The molecule has 1 fully saturated rings. The van der Waals surface area contributed by atoms with Crippen molar-refractivity contribution in [2.75, 3.05) is 47.5 Å². The van der Waals surface area contributed by atoms with Crippen LogP contribution in [0.5, 0.6) is 11.5 Å². The van der Waals surface area contributed by atoms with Crippen LogP contribution in [0.3, 0.4) is 0 Å². The molecule has 0 aromatic heterocycles. The number of hydrogen-bond donors (Lipinski definition) is 3. The van der Waals surface area contributed by atoms with Crippen molar-refractivity contribution >= 4 is 23.9 Å². The molecule has 1 aliphatic heterocycles. The number of nitrogens with two attached hydrogens (primary N) is 1. The fourth-order valence-electron chi connectivity index (χ4n) is 5.63. The van der Waals surface area contributed by atoms with Crippen molar-refractivity contribution in [2.45, 2.75) is 92.4 Å². The van der Waals surface area contributed by atoms with Crippen molar-refractivity contribution in [3.63, 3.8) is 0 Å². The lowest BCUT2D eigenvalue weighted by atomic mass is 9.80.